The second-order valence-electron chi connectivity index (χ2n) is 6.77. The lowest BCUT2D eigenvalue weighted by Crippen LogP contribution is -2.23. The third kappa shape index (κ3) is 4.30. The van der Waals surface area contributed by atoms with Gasteiger partial charge in [0.25, 0.3) is 0 Å². The second-order valence-corrected chi connectivity index (χ2v) is 8.15. The van der Waals surface area contributed by atoms with Gasteiger partial charge in [-0.05, 0) is 42.7 Å². The first-order valence-electron chi connectivity index (χ1n) is 9.18. The fourth-order valence-electron chi connectivity index (χ4n) is 3.44. The first kappa shape index (κ1) is 17.6. The number of rotatable bonds is 5. The molecule has 1 aromatic heterocycles. The van der Waals surface area contributed by atoms with Gasteiger partial charge in [-0.2, -0.15) is 0 Å². The molecule has 2 aromatic carbocycles. The van der Waals surface area contributed by atoms with Gasteiger partial charge in [-0.15, -0.1) is 0 Å². The number of hydrogen-bond donors (Lipinski definition) is 1. The molecule has 1 heterocycles. The third-order valence-corrected chi connectivity index (χ3v) is 5.94. The number of nitrogens with one attached hydrogen (secondary N) is 1. The molecule has 5 heteroatoms. The molecule has 0 bridgehead atoms. The van der Waals surface area contributed by atoms with E-state index in [1.54, 1.807) is 11.8 Å². The smallest absolute Gasteiger partial charge is 0.190 e. The first-order chi connectivity index (χ1) is 12.8. The maximum Gasteiger partial charge on any atom is 0.190 e. The predicted octanol–water partition coefficient (Wildman–Crippen LogP) is 6.32. The zero-order chi connectivity index (χ0) is 17.8. The van der Waals surface area contributed by atoms with Crippen LogP contribution >= 0.6 is 23.4 Å². The van der Waals surface area contributed by atoms with E-state index in [0.717, 1.165) is 32.7 Å². The van der Waals surface area contributed by atoms with Crippen molar-refractivity contribution in [3.05, 3.63) is 59.1 Å². The first-order valence-corrected chi connectivity index (χ1v) is 10.5. The minimum absolute atomic E-state index is 0.521. The number of aromatic nitrogens is 2. The van der Waals surface area contributed by atoms with Crippen LogP contribution in [0.2, 0.25) is 5.02 Å². The van der Waals surface area contributed by atoms with E-state index in [9.17, 15) is 0 Å². The van der Waals surface area contributed by atoms with Crippen molar-refractivity contribution in [3.63, 3.8) is 0 Å². The van der Waals surface area contributed by atoms with Crippen LogP contribution in [0.25, 0.3) is 10.9 Å². The number of thioether (sulfide) groups is 1. The standard InChI is InChI=1S/C21H22ClN3S/c22-16-8-6-7-15(13-16)14-26-21-24-19-12-5-4-11-18(19)20(25-21)23-17-9-2-1-3-10-17/h4-8,11-13,17H,1-3,9-10,14H2,(H,23,24,25). The summed E-state index contributed by atoms with van der Waals surface area (Å²) in [5, 5.41) is 6.36. The Hall–Kier alpha value is -1.78. The molecule has 3 nitrogen and oxygen atoms in total. The summed E-state index contributed by atoms with van der Waals surface area (Å²) in [5.74, 6) is 1.78. The van der Waals surface area contributed by atoms with E-state index in [1.807, 2.05) is 24.3 Å². The van der Waals surface area contributed by atoms with Crippen LogP contribution < -0.4 is 5.32 Å². The molecule has 0 atom stereocenters. The largest absolute Gasteiger partial charge is 0.367 e. The van der Waals surface area contributed by atoms with Crippen molar-refractivity contribution >= 4 is 40.1 Å². The predicted molar refractivity (Wildman–Crippen MR) is 111 cm³/mol. The average Bonchev–Trinajstić information content (AvgIpc) is 2.67. The van der Waals surface area contributed by atoms with E-state index in [-0.39, 0.29) is 0 Å². The summed E-state index contributed by atoms with van der Waals surface area (Å²) in [6.07, 6.45) is 6.41. The Kier molecular flexibility index (Phi) is 5.61. The maximum absolute atomic E-state index is 6.09. The molecule has 1 fully saturated rings. The Morgan fingerprint density at radius 2 is 1.85 bits per heavy atom. The average molecular weight is 384 g/mol. The summed E-state index contributed by atoms with van der Waals surface area (Å²) in [5.41, 5.74) is 2.18. The number of nitrogens with zero attached hydrogens (tertiary/aromatic N) is 2. The van der Waals surface area contributed by atoms with Crippen LogP contribution in [0.3, 0.4) is 0 Å². The molecule has 0 radical (unpaired) electrons. The van der Waals surface area contributed by atoms with Gasteiger partial charge in [0.1, 0.15) is 5.82 Å². The monoisotopic (exact) mass is 383 g/mol. The van der Waals surface area contributed by atoms with E-state index < -0.39 is 0 Å². The fraction of sp³-hybridized carbons (Fsp3) is 0.333. The lowest BCUT2D eigenvalue weighted by Gasteiger charge is -2.24. The molecule has 1 N–H and O–H groups in total. The number of fused-ring (bicyclic) bond motifs is 1. The molecule has 1 aliphatic rings. The second kappa shape index (κ2) is 8.28. The lowest BCUT2D eigenvalue weighted by molar-refractivity contribution is 0.462. The summed E-state index contributed by atoms with van der Waals surface area (Å²) in [7, 11) is 0. The SMILES string of the molecule is Clc1cccc(CSc2nc(NC3CCCCC3)c3ccccc3n2)c1. The van der Waals surface area contributed by atoms with Gasteiger partial charge in [-0.3, -0.25) is 0 Å². The molecule has 0 unspecified atom stereocenters. The van der Waals surface area contributed by atoms with Crippen molar-refractivity contribution in [3.8, 4) is 0 Å². The minimum atomic E-state index is 0.521. The Labute approximate surface area is 163 Å². The van der Waals surface area contributed by atoms with E-state index in [2.05, 4.69) is 29.6 Å². The quantitative estimate of drug-likeness (QED) is 0.413. The molecular formula is C21H22ClN3S. The molecule has 26 heavy (non-hydrogen) atoms. The lowest BCUT2D eigenvalue weighted by atomic mass is 9.95. The number of benzene rings is 2. The van der Waals surface area contributed by atoms with E-state index in [4.69, 9.17) is 21.6 Å². The topological polar surface area (TPSA) is 37.8 Å². The molecule has 1 aliphatic carbocycles. The van der Waals surface area contributed by atoms with Crippen molar-refractivity contribution < 1.29 is 0 Å². The summed E-state index contributed by atoms with van der Waals surface area (Å²) < 4.78 is 0. The van der Waals surface area contributed by atoms with E-state index in [0.29, 0.717) is 6.04 Å². The molecular weight excluding hydrogens is 362 g/mol. The highest BCUT2D eigenvalue weighted by Crippen LogP contribution is 2.29. The van der Waals surface area contributed by atoms with Gasteiger partial charge in [0.2, 0.25) is 0 Å². The molecule has 3 aromatic rings. The fourth-order valence-corrected chi connectivity index (χ4v) is 4.45. The highest BCUT2D eigenvalue weighted by atomic mass is 35.5. The van der Waals surface area contributed by atoms with Crippen molar-refractivity contribution in [2.24, 2.45) is 0 Å². The van der Waals surface area contributed by atoms with Gasteiger partial charge < -0.3 is 5.32 Å². The number of hydrogen-bond acceptors (Lipinski definition) is 4. The molecule has 0 spiro atoms. The highest BCUT2D eigenvalue weighted by molar-refractivity contribution is 7.98. The molecule has 0 aliphatic heterocycles. The Morgan fingerprint density at radius 3 is 2.69 bits per heavy atom. The maximum atomic E-state index is 6.09. The zero-order valence-electron chi connectivity index (χ0n) is 14.6. The van der Waals surface area contributed by atoms with Crippen molar-refractivity contribution in [2.45, 2.75) is 49.1 Å². The van der Waals surface area contributed by atoms with Crippen LogP contribution in [0.5, 0.6) is 0 Å². The normalized spacial score (nSPS) is 15.3. The molecule has 0 amide bonds. The summed E-state index contributed by atoms with van der Waals surface area (Å²) in [6, 6.07) is 16.7. The summed E-state index contributed by atoms with van der Waals surface area (Å²) in [4.78, 5) is 9.59. The van der Waals surface area contributed by atoms with Gasteiger partial charge in [0, 0.05) is 22.2 Å². The van der Waals surface area contributed by atoms with Crippen molar-refractivity contribution in [2.75, 3.05) is 5.32 Å². The van der Waals surface area contributed by atoms with E-state index in [1.165, 1.54) is 37.7 Å². The summed E-state index contributed by atoms with van der Waals surface area (Å²) >= 11 is 7.74. The van der Waals surface area contributed by atoms with Crippen molar-refractivity contribution in [1.82, 2.24) is 9.97 Å². The van der Waals surface area contributed by atoms with Gasteiger partial charge in [-0.1, -0.05) is 66.9 Å². The van der Waals surface area contributed by atoms with Crippen LogP contribution in [0, 0.1) is 0 Å². The van der Waals surface area contributed by atoms with Crippen LogP contribution in [-0.2, 0) is 5.75 Å². The minimum Gasteiger partial charge on any atom is -0.367 e. The molecule has 0 saturated heterocycles. The Morgan fingerprint density at radius 1 is 1.00 bits per heavy atom. The molecule has 134 valence electrons. The highest BCUT2D eigenvalue weighted by Gasteiger charge is 2.16. The molecule has 4 rings (SSSR count). The number of halogens is 1. The van der Waals surface area contributed by atoms with Crippen LogP contribution in [-0.4, -0.2) is 16.0 Å². The zero-order valence-corrected chi connectivity index (χ0v) is 16.2. The summed E-state index contributed by atoms with van der Waals surface area (Å²) in [6.45, 7) is 0. The van der Waals surface area contributed by atoms with Crippen LogP contribution in [0.15, 0.2) is 53.7 Å². The Bertz CT molecular complexity index is 893. The van der Waals surface area contributed by atoms with Gasteiger partial charge in [0.05, 0.1) is 5.52 Å². The van der Waals surface area contributed by atoms with Gasteiger partial charge in [0.15, 0.2) is 5.16 Å². The van der Waals surface area contributed by atoms with Crippen LogP contribution in [0.1, 0.15) is 37.7 Å². The Balaban J connectivity index is 1.58. The number of para-hydroxylation sites is 1. The van der Waals surface area contributed by atoms with Crippen molar-refractivity contribution in [1.29, 1.82) is 0 Å². The van der Waals surface area contributed by atoms with Crippen LogP contribution in [0.4, 0.5) is 5.82 Å². The third-order valence-electron chi connectivity index (χ3n) is 4.79. The van der Waals surface area contributed by atoms with Gasteiger partial charge in [-0.25, -0.2) is 9.97 Å². The van der Waals surface area contributed by atoms with E-state index >= 15 is 0 Å². The van der Waals surface area contributed by atoms with Gasteiger partial charge >= 0.3 is 0 Å². The number of anilines is 1. The molecule has 1 saturated carbocycles.